The van der Waals surface area contributed by atoms with Crippen molar-refractivity contribution < 1.29 is 86.8 Å². The van der Waals surface area contributed by atoms with Gasteiger partial charge < -0.3 is 53.2 Å². The lowest BCUT2D eigenvalue weighted by molar-refractivity contribution is -0.175. The molecule has 12 bridgehead atoms. The van der Waals surface area contributed by atoms with Crippen LogP contribution in [0.25, 0.3) is 0 Å². The average molecular weight is 1340 g/mol. The SMILES string of the molecule is CCC(C)(C)C(=O)OC1CC2CC1C1C3CC(O)C(C3)C21.CCC(C)(C)C(=O)OC1CC2CC1CC2CO.CCC(C)(C)C(=O)OC1CC2CC1CC2O.CCC(C)(C)C(=O)OC1CC2CCC1CC21COC(=O)C1.CCC(C)(C)C(=O)OC1CC2OC1CC21COC(=O)C1. The molecule has 4 saturated heterocycles. The lowest BCUT2D eigenvalue weighted by Crippen LogP contribution is -2.50. The van der Waals surface area contributed by atoms with E-state index in [1.54, 1.807) is 0 Å². The highest BCUT2D eigenvalue weighted by Crippen LogP contribution is 2.68. The number of esters is 7. The Hall–Kier alpha value is -3.87. The Bertz CT molecular complexity index is 2790. The summed E-state index contributed by atoms with van der Waals surface area (Å²) in [4.78, 5) is 83.6. The van der Waals surface area contributed by atoms with Gasteiger partial charge in [0.15, 0.2) is 0 Å². The lowest BCUT2D eigenvalue weighted by atomic mass is 9.54. The molecule has 4 heterocycles. The Balaban J connectivity index is 0.000000130. The van der Waals surface area contributed by atoms with Gasteiger partial charge in [-0.3, -0.25) is 33.6 Å². The zero-order chi connectivity index (χ0) is 69.3. The maximum Gasteiger partial charge on any atom is 0.311 e. The Kier molecular flexibility index (Phi) is 22.0. The van der Waals surface area contributed by atoms with Gasteiger partial charge in [0.05, 0.1) is 70.9 Å². The van der Waals surface area contributed by atoms with Crippen molar-refractivity contribution in [1.29, 1.82) is 0 Å². The lowest BCUT2D eigenvalue weighted by Gasteiger charge is -2.51. The summed E-state index contributed by atoms with van der Waals surface area (Å²) in [6, 6.07) is 0. The first-order chi connectivity index (χ1) is 44.6. The van der Waals surface area contributed by atoms with Gasteiger partial charge in [0, 0.05) is 23.9 Å². The van der Waals surface area contributed by atoms with Crippen LogP contribution in [0, 0.1) is 115 Å². The molecule has 18 nitrogen and oxygen atoms in total. The number of carbonyl (C=O) groups is 7. The van der Waals surface area contributed by atoms with Crippen molar-refractivity contribution in [2.75, 3.05) is 19.8 Å². The highest BCUT2D eigenvalue weighted by Gasteiger charge is 2.66. The van der Waals surface area contributed by atoms with Gasteiger partial charge >= 0.3 is 41.8 Å². The van der Waals surface area contributed by atoms with E-state index in [4.69, 9.17) is 37.9 Å². The number of ether oxygens (including phenoxy) is 8. The quantitative estimate of drug-likeness (QED) is 0.0737. The standard InChI is InChI=1S/C18H28O3.C17H26O4.C15H22O5.C14H24O3.C13H22O3/c1-4-18(2,3)17(20)21-14-8-10-6-12(14)16-9-5-11(15(10)16)13(19)7-9;1-4-16(2,3)15(19)21-13-7-12-6-5-11(13)8-17(12)9-14(18)20-10-17;1-4-14(2,3)13(17)20-9-5-11-15(6-10(9)19-11)7-12(16)18-8-15;1-4-14(2,3)13(16)17-12-7-9-5-10(12)6-11(9)8-15;1-4-13(2,3)12(15)16-11-7-8-5-9(11)6-10(8)14/h9-16,19H,4-8H2,1-3H3;11-13H,4-10H2,1-3H3;9-11H,4-8H2,1-3H3;9-12,15H,4-8H2,1-3H3;8-11,14H,4-7H2,1-3H3. The molecule has 0 aromatic carbocycles. The van der Waals surface area contributed by atoms with Gasteiger partial charge in [0.1, 0.15) is 37.1 Å². The Morgan fingerprint density at radius 1 is 0.432 bits per heavy atom. The Morgan fingerprint density at radius 2 is 0.853 bits per heavy atom. The molecule has 2 spiro atoms. The van der Waals surface area contributed by atoms with Crippen molar-refractivity contribution in [3.63, 3.8) is 0 Å². The number of aliphatic hydroxyl groups is 3. The molecule has 18 heteroatoms. The minimum Gasteiger partial charge on any atom is -0.465 e. The zero-order valence-electron chi connectivity index (χ0n) is 60.6. The number of cyclic esters (lactones) is 2. The molecule has 0 amide bonds. The van der Waals surface area contributed by atoms with Gasteiger partial charge in [0.2, 0.25) is 0 Å². The second-order valence-corrected chi connectivity index (χ2v) is 35.9. The first-order valence-corrected chi connectivity index (χ1v) is 37.5. The van der Waals surface area contributed by atoms with Gasteiger partial charge in [-0.05, 0) is 275 Å². The van der Waals surface area contributed by atoms with E-state index >= 15 is 0 Å². The maximum atomic E-state index is 12.4. The van der Waals surface area contributed by atoms with E-state index in [0.29, 0.717) is 104 Å². The van der Waals surface area contributed by atoms with E-state index in [9.17, 15) is 48.9 Å². The van der Waals surface area contributed by atoms with E-state index in [1.165, 1.54) is 12.8 Å². The second kappa shape index (κ2) is 28.3. The molecule has 15 fully saturated rings. The van der Waals surface area contributed by atoms with E-state index in [0.717, 1.165) is 127 Å². The van der Waals surface area contributed by atoms with E-state index < -0.39 is 10.8 Å². The average Bonchev–Trinajstić information content (AvgIpc) is 1.58. The molecule has 24 unspecified atom stereocenters. The fourth-order valence-electron chi connectivity index (χ4n) is 19.6. The van der Waals surface area contributed by atoms with Crippen LogP contribution < -0.4 is 0 Å². The van der Waals surface area contributed by atoms with Crippen molar-refractivity contribution in [1.82, 2.24) is 0 Å². The van der Waals surface area contributed by atoms with Crippen LogP contribution in [0.4, 0.5) is 0 Å². The Labute approximate surface area is 567 Å². The first kappa shape index (κ1) is 73.8. The van der Waals surface area contributed by atoms with Crippen LogP contribution in [-0.4, -0.2) is 132 Å². The predicted molar refractivity (Wildman–Crippen MR) is 353 cm³/mol. The highest BCUT2D eigenvalue weighted by atomic mass is 16.6. The molecular weight excluding hydrogens is 1210 g/mol. The minimum atomic E-state index is -0.452. The fourth-order valence-corrected chi connectivity index (χ4v) is 19.6. The van der Waals surface area contributed by atoms with Crippen molar-refractivity contribution in [3.05, 3.63) is 0 Å². The molecule has 4 aliphatic heterocycles. The van der Waals surface area contributed by atoms with Crippen LogP contribution in [0.1, 0.15) is 252 Å². The van der Waals surface area contributed by atoms with Gasteiger partial charge in [0.25, 0.3) is 0 Å². The summed E-state index contributed by atoms with van der Waals surface area (Å²) in [6.45, 7) is 30.8. The normalized spacial score (nSPS) is 40.8. The number of hydrogen-bond acceptors (Lipinski definition) is 18. The van der Waals surface area contributed by atoms with E-state index in [2.05, 4.69) is 6.92 Å². The molecular formula is C77H122O18. The molecule has 24 atom stereocenters. The number of fused-ring (bicyclic) bond motifs is 18. The molecule has 3 N–H and O–H groups in total. The summed E-state index contributed by atoms with van der Waals surface area (Å²) in [5, 5.41) is 29.0. The van der Waals surface area contributed by atoms with Crippen molar-refractivity contribution in [2.45, 2.75) is 306 Å². The maximum absolute atomic E-state index is 12.4. The number of hydrogen-bond donors (Lipinski definition) is 3. The van der Waals surface area contributed by atoms with Crippen molar-refractivity contribution >= 4 is 41.8 Å². The molecule has 0 aromatic heterocycles. The summed E-state index contributed by atoms with van der Waals surface area (Å²) in [7, 11) is 0. The molecule has 15 aliphatic rings. The molecule has 11 aliphatic carbocycles. The topological polar surface area (TPSA) is 254 Å². The van der Waals surface area contributed by atoms with Gasteiger partial charge in [-0.25, -0.2) is 0 Å². The van der Waals surface area contributed by atoms with Gasteiger partial charge in [-0.15, -0.1) is 0 Å². The largest absolute Gasteiger partial charge is 0.465 e. The van der Waals surface area contributed by atoms with E-state index in [1.807, 2.05) is 96.9 Å². The first-order valence-electron chi connectivity index (χ1n) is 37.5. The number of aliphatic hydroxyl groups excluding tert-OH is 3. The third-order valence-corrected chi connectivity index (χ3v) is 28.1. The highest BCUT2D eigenvalue weighted by molar-refractivity contribution is 5.78. The van der Waals surface area contributed by atoms with Gasteiger partial charge in [-0.2, -0.15) is 0 Å². The molecule has 11 saturated carbocycles. The fraction of sp³-hybridized carbons (Fsp3) is 0.909. The summed E-state index contributed by atoms with van der Waals surface area (Å²) >= 11 is 0. The van der Waals surface area contributed by atoms with E-state index in [-0.39, 0.29) is 124 Å². The Morgan fingerprint density at radius 3 is 1.26 bits per heavy atom. The van der Waals surface area contributed by atoms with Crippen LogP contribution in [-0.2, 0) is 71.5 Å². The van der Waals surface area contributed by atoms with Crippen molar-refractivity contribution in [3.8, 4) is 0 Å². The predicted octanol–water partition coefficient (Wildman–Crippen LogP) is 12.4. The third kappa shape index (κ3) is 15.0. The van der Waals surface area contributed by atoms with Gasteiger partial charge in [-0.1, -0.05) is 34.6 Å². The molecule has 0 aromatic rings. The van der Waals surface area contributed by atoms with Crippen LogP contribution >= 0.6 is 0 Å². The number of carbonyl (C=O) groups excluding carboxylic acids is 7. The molecule has 15 rings (SSSR count). The smallest absolute Gasteiger partial charge is 0.311 e. The third-order valence-electron chi connectivity index (χ3n) is 28.1. The van der Waals surface area contributed by atoms with Crippen molar-refractivity contribution in [2.24, 2.45) is 115 Å². The molecule has 538 valence electrons. The molecule has 95 heavy (non-hydrogen) atoms. The van der Waals surface area contributed by atoms with Crippen LogP contribution in [0.2, 0.25) is 0 Å². The second-order valence-electron chi connectivity index (χ2n) is 35.9. The van der Waals surface area contributed by atoms with Crippen LogP contribution in [0.15, 0.2) is 0 Å². The van der Waals surface area contributed by atoms with Crippen LogP contribution in [0.5, 0.6) is 0 Å². The molecule has 0 radical (unpaired) electrons. The summed E-state index contributed by atoms with van der Waals surface area (Å²) in [6.07, 6.45) is 20.8. The summed E-state index contributed by atoms with van der Waals surface area (Å²) in [5.41, 5.74) is -2.06. The zero-order valence-corrected chi connectivity index (χ0v) is 60.6. The number of rotatable bonds is 16. The monoisotopic (exact) mass is 1330 g/mol. The summed E-state index contributed by atoms with van der Waals surface area (Å²) in [5.74, 6) is 6.60. The minimum absolute atomic E-state index is 0.0118. The van der Waals surface area contributed by atoms with Crippen LogP contribution in [0.3, 0.4) is 0 Å². The summed E-state index contributed by atoms with van der Waals surface area (Å²) < 4.78 is 45.0.